The number of esters is 3. The molecule has 53 heavy (non-hydrogen) atoms. The summed E-state index contributed by atoms with van der Waals surface area (Å²) in [5.41, 5.74) is -0.372. The third-order valence-corrected chi connectivity index (χ3v) is 8.38. The zero-order valence-corrected chi connectivity index (χ0v) is 31.7. The summed E-state index contributed by atoms with van der Waals surface area (Å²) in [7, 11) is 3.07. The Bertz CT molecular complexity index is 1660. The van der Waals surface area contributed by atoms with E-state index in [9.17, 15) is 28.8 Å². The van der Waals surface area contributed by atoms with Gasteiger partial charge in [-0.25, -0.2) is 9.59 Å². The highest BCUT2D eigenvalue weighted by atomic mass is 16.6. The fourth-order valence-corrected chi connectivity index (χ4v) is 5.60. The van der Waals surface area contributed by atoms with E-state index in [1.165, 1.54) is 45.4 Å². The minimum atomic E-state index is -1.35. The lowest BCUT2D eigenvalue weighted by Crippen LogP contribution is -2.53. The number of methoxy groups -OCH3 is 2. The van der Waals surface area contributed by atoms with E-state index in [1.54, 1.807) is 32.9 Å². The van der Waals surface area contributed by atoms with Crippen molar-refractivity contribution >= 4 is 41.2 Å². The van der Waals surface area contributed by atoms with Crippen LogP contribution in [0.3, 0.4) is 0 Å². The smallest absolute Gasteiger partial charge is 0.330 e. The number of rotatable bonds is 17. The predicted octanol–water partition coefficient (Wildman–Crippen LogP) is 5.08. The minimum absolute atomic E-state index is 0.113. The molecule has 0 saturated carbocycles. The van der Waals surface area contributed by atoms with Crippen LogP contribution >= 0.6 is 0 Å². The second-order valence-corrected chi connectivity index (χ2v) is 14.3. The van der Waals surface area contributed by atoms with E-state index in [-0.39, 0.29) is 38.8 Å². The lowest BCUT2D eigenvalue weighted by atomic mass is 9.87. The summed E-state index contributed by atoms with van der Waals surface area (Å²) < 4.78 is 27.3. The molecule has 14 heteroatoms. The number of pyridine rings is 1. The van der Waals surface area contributed by atoms with Crippen LogP contribution in [0, 0.1) is 5.41 Å². The molecular formula is C39H51N3O11. The average molecular weight is 738 g/mol. The Labute approximate surface area is 310 Å². The Morgan fingerprint density at radius 2 is 1.70 bits per heavy atom. The van der Waals surface area contributed by atoms with E-state index in [0.29, 0.717) is 42.0 Å². The number of carbonyl (C=O) groups is 6. The summed E-state index contributed by atoms with van der Waals surface area (Å²) in [5.74, 6) is -2.96. The van der Waals surface area contributed by atoms with Crippen molar-refractivity contribution in [3.05, 3.63) is 60.4 Å². The van der Waals surface area contributed by atoms with Gasteiger partial charge in [0, 0.05) is 30.8 Å². The highest BCUT2D eigenvalue weighted by molar-refractivity contribution is 6.38. The van der Waals surface area contributed by atoms with Crippen molar-refractivity contribution < 1.29 is 52.5 Å². The second-order valence-electron chi connectivity index (χ2n) is 14.3. The number of nitrogens with zero attached hydrogens (tertiary/aromatic N) is 2. The van der Waals surface area contributed by atoms with Gasteiger partial charge in [0.15, 0.2) is 11.5 Å². The van der Waals surface area contributed by atoms with Crippen LogP contribution in [0.15, 0.2) is 49.3 Å². The zero-order valence-electron chi connectivity index (χ0n) is 31.7. The molecule has 3 rings (SSSR count). The van der Waals surface area contributed by atoms with Gasteiger partial charge in [-0.1, -0.05) is 12.6 Å². The van der Waals surface area contributed by atoms with Gasteiger partial charge in [0.05, 0.1) is 37.9 Å². The molecule has 1 fully saturated rings. The number of carbonyl (C=O) groups excluding carboxylic acids is 6. The molecule has 1 aromatic heterocycles. The number of aromatic nitrogens is 1. The van der Waals surface area contributed by atoms with E-state index in [2.05, 4.69) is 16.9 Å². The van der Waals surface area contributed by atoms with Gasteiger partial charge in [0.1, 0.15) is 24.4 Å². The average Bonchev–Trinajstić information content (AvgIpc) is 3.13. The number of ketones is 1. The van der Waals surface area contributed by atoms with Crippen molar-refractivity contribution in [3.8, 4) is 11.5 Å². The Kier molecular flexibility index (Phi) is 15.1. The quantitative estimate of drug-likeness (QED) is 0.0988. The summed E-state index contributed by atoms with van der Waals surface area (Å²) in [6.07, 6.45) is 4.99. The SMILES string of the molecule is C=CC(=O)OCC(C)(C)C(=O)C(=O)N1CCCCC1C(=O)O[C@H](CCc1ccc(OC)c(OC)c1)c1cncc(NC(=O)CCC(=O)OC(C)(C)C)c1. The van der Waals surface area contributed by atoms with Crippen molar-refractivity contribution in [2.24, 2.45) is 5.41 Å². The number of ether oxygens (including phenoxy) is 5. The first-order chi connectivity index (χ1) is 25.0. The van der Waals surface area contributed by atoms with Crippen molar-refractivity contribution in [3.63, 3.8) is 0 Å². The van der Waals surface area contributed by atoms with Gasteiger partial charge in [-0.05, 0) is 90.5 Å². The molecule has 1 N–H and O–H groups in total. The molecule has 1 aromatic carbocycles. The van der Waals surface area contributed by atoms with Crippen LogP contribution in [-0.2, 0) is 49.4 Å². The summed E-state index contributed by atoms with van der Waals surface area (Å²) in [4.78, 5) is 82.9. The van der Waals surface area contributed by atoms with E-state index in [0.717, 1.165) is 11.6 Å². The molecule has 2 heterocycles. The lowest BCUT2D eigenvalue weighted by molar-refractivity contribution is -0.165. The van der Waals surface area contributed by atoms with Gasteiger partial charge < -0.3 is 33.9 Å². The molecule has 0 spiro atoms. The Morgan fingerprint density at radius 1 is 0.981 bits per heavy atom. The van der Waals surface area contributed by atoms with Gasteiger partial charge >= 0.3 is 17.9 Å². The van der Waals surface area contributed by atoms with E-state index in [4.69, 9.17) is 23.7 Å². The van der Waals surface area contributed by atoms with Gasteiger partial charge in [-0.15, -0.1) is 0 Å². The predicted molar refractivity (Wildman–Crippen MR) is 194 cm³/mol. The molecule has 1 unspecified atom stereocenters. The number of benzene rings is 1. The third kappa shape index (κ3) is 12.7. The first-order valence-electron chi connectivity index (χ1n) is 17.5. The van der Waals surface area contributed by atoms with Gasteiger partial charge in [0.2, 0.25) is 11.7 Å². The standard InChI is InChI=1S/C39H51N3O11/c1-9-33(44)51-24-39(5,6)35(46)36(47)42-19-11-10-12-28(42)37(48)52-29(15-13-25-14-16-30(49-7)31(20-25)50-8)26-21-27(23-40-22-26)41-32(43)17-18-34(45)53-38(2,3)4/h9,14,16,20-23,28-29H,1,10-13,15,17-19,24H2,2-8H3,(H,41,43)/t28?,29-/m1/s1. The van der Waals surface area contributed by atoms with Crippen LogP contribution in [0.1, 0.15) is 90.4 Å². The molecule has 0 aliphatic carbocycles. The molecule has 2 aromatic rings. The third-order valence-electron chi connectivity index (χ3n) is 8.38. The molecule has 0 radical (unpaired) electrons. The highest BCUT2D eigenvalue weighted by Gasteiger charge is 2.42. The zero-order chi connectivity index (χ0) is 39.3. The number of piperidine rings is 1. The Morgan fingerprint density at radius 3 is 2.36 bits per heavy atom. The molecule has 1 saturated heterocycles. The van der Waals surface area contributed by atoms with Crippen LogP contribution in [-0.4, -0.2) is 84.4 Å². The molecule has 2 atom stereocenters. The fourth-order valence-electron chi connectivity index (χ4n) is 5.60. The van der Waals surface area contributed by atoms with Crippen LogP contribution < -0.4 is 14.8 Å². The van der Waals surface area contributed by atoms with Crippen molar-refractivity contribution in [2.75, 3.05) is 32.7 Å². The van der Waals surface area contributed by atoms with Crippen LogP contribution in [0.5, 0.6) is 11.5 Å². The molecule has 14 nitrogen and oxygen atoms in total. The van der Waals surface area contributed by atoms with Gasteiger partial charge in [-0.3, -0.25) is 24.2 Å². The maximum atomic E-state index is 14.0. The number of nitrogens with one attached hydrogen (secondary N) is 1. The van der Waals surface area contributed by atoms with E-state index >= 15 is 0 Å². The number of hydrogen-bond donors (Lipinski definition) is 1. The molecule has 2 amide bonds. The number of anilines is 1. The first kappa shape index (κ1) is 42.1. The van der Waals surface area contributed by atoms with Crippen LogP contribution in [0.4, 0.5) is 5.69 Å². The monoisotopic (exact) mass is 737 g/mol. The van der Waals surface area contributed by atoms with Gasteiger partial charge in [0.25, 0.3) is 5.91 Å². The number of Topliss-reactive ketones (excluding diaryl/α,β-unsaturated/α-hetero) is 1. The summed E-state index contributed by atoms with van der Waals surface area (Å²) in [6.45, 7) is 11.4. The maximum Gasteiger partial charge on any atom is 0.330 e. The first-order valence-corrected chi connectivity index (χ1v) is 17.5. The fraction of sp³-hybridized carbons (Fsp3) is 0.513. The topological polar surface area (TPSA) is 177 Å². The summed E-state index contributed by atoms with van der Waals surface area (Å²) in [5, 5.41) is 2.74. The van der Waals surface area contributed by atoms with Crippen molar-refractivity contribution in [1.82, 2.24) is 9.88 Å². The van der Waals surface area contributed by atoms with Crippen molar-refractivity contribution in [1.29, 1.82) is 0 Å². The maximum absolute atomic E-state index is 14.0. The molecular weight excluding hydrogens is 686 g/mol. The summed E-state index contributed by atoms with van der Waals surface area (Å²) >= 11 is 0. The molecule has 1 aliphatic heterocycles. The number of likely N-dealkylation sites (tertiary alicyclic amines) is 1. The minimum Gasteiger partial charge on any atom is -0.493 e. The number of hydrogen-bond acceptors (Lipinski definition) is 12. The summed E-state index contributed by atoms with van der Waals surface area (Å²) in [6, 6.07) is 6.04. The normalized spacial score (nSPS) is 15.0. The number of aryl methyl sites for hydroxylation is 1. The Hall–Kier alpha value is -5.27. The van der Waals surface area contributed by atoms with E-state index in [1.807, 2.05) is 12.1 Å². The molecule has 1 aliphatic rings. The lowest BCUT2D eigenvalue weighted by Gasteiger charge is -2.36. The molecule has 288 valence electrons. The van der Waals surface area contributed by atoms with Crippen LogP contribution in [0.25, 0.3) is 0 Å². The van der Waals surface area contributed by atoms with Crippen molar-refractivity contribution in [2.45, 2.75) is 97.3 Å². The highest BCUT2D eigenvalue weighted by Crippen LogP contribution is 2.32. The number of amides is 2. The van der Waals surface area contributed by atoms with E-state index < -0.39 is 58.7 Å². The van der Waals surface area contributed by atoms with Gasteiger partial charge in [-0.2, -0.15) is 0 Å². The molecule has 0 bridgehead atoms. The Balaban J connectivity index is 1.84. The second kappa shape index (κ2) is 19.0. The van der Waals surface area contributed by atoms with Crippen LogP contribution in [0.2, 0.25) is 0 Å². The largest absolute Gasteiger partial charge is 0.493 e.